The van der Waals surface area contributed by atoms with Gasteiger partial charge in [-0.1, -0.05) is 12.1 Å². The summed E-state index contributed by atoms with van der Waals surface area (Å²) in [5.41, 5.74) is 1.81. The van der Waals surface area contributed by atoms with Gasteiger partial charge in [0, 0.05) is 12.6 Å². The Morgan fingerprint density at radius 1 is 0.889 bits per heavy atom. The third-order valence-corrected chi connectivity index (χ3v) is 3.85. The van der Waals surface area contributed by atoms with Crippen molar-refractivity contribution in [3.63, 3.8) is 0 Å². The molecule has 0 bridgehead atoms. The normalized spacial score (nSPS) is 10.2. The molecule has 140 valence electrons. The number of nitrogens with zero attached hydrogens (tertiary/aromatic N) is 3. The average Bonchev–Trinajstić information content (AvgIpc) is 2.73. The molecule has 27 heavy (non-hydrogen) atoms. The van der Waals surface area contributed by atoms with E-state index >= 15 is 0 Å². The van der Waals surface area contributed by atoms with Crippen LogP contribution in [0.4, 0.5) is 17.5 Å². The zero-order valence-corrected chi connectivity index (χ0v) is 15.4. The number of ether oxygens (including phenoxy) is 3. The first kappa shape index (κ1) is 18.2. The van der Waals surface area contributed by atoms with E-state index in [0.717, 1.165) is 11.3 Å². The summed E-state index contributed by atoms with van der Waals surface area (Å²) in [6, 6.07) is 13.2. The third-order valence-electron chi connectivity index (χ3n) is 3.85. The highest BCUT2D eigenvalue weighted by molar-refractivity contribution is 5.64. The minimum absolute atomic E-state index is 0.359. The molecule has 0 aliphatic carbocycles. The standard InChI is InChI=1S/C19H21N5O3/c1-25-14-6-4-13(5-7-14)11-20-18-12-21-24-19(23-18)22-16-9-8-15(26-2)10-17(16)27-3/h4-10,12H,11H2,1-3H3,(H2,20,22,23,24). The SMILES string of the molecule is COc1ccc(CNc2cnnc(Nc3ccc(OC)cc3OC)n2)cc1. The molecule has 8 nitrogen and oxygen atoms in total. The number of anilines is 3. The van der Waals surface area contributed by atoms with Crippen molar-refractivity contribution in [3.05, 3.63) is 54.2 Å². The maximum atomic E-state index is 5.37. The summed E-state index contributed by atoms with van der Waals surface area (Å²) >= 11 is 0. The Bertz CT molecular complexity index is 887. The van der Waals surface area contributed by atoms with Crippen molar-refractivity contribution in [1.29, 1.82) is 0 Å². The number of benzene rings is 2. The van der Waals surface area contributed by atoms with Gasteiger partial charge in [0.1, 0.15) is 17.2 Å². The molecule has 3 aromatic rings. The van der Waals surface area contributed by atoms with Gasteiger partial charge in [-0.2, -0.15) is 10.1 Å². The largest absolute Gasteiger partial charge is 0.497 e. The van der Waals surface area contributed by atoms with Crippen LogP contribution in [0.1, 0.15) is 5.56 Å². The second-order valence-electron chi connectivity index (χ2n) is 5.56. The van der Waals surface area contributed by atoms with Crippen molar-refractivity contribution >= 4 is 17.5 Å². The quantitative estimate of drug-likeness (QED) is 0.627. The van der Waals surface area contributed by atoms with Gasteiger partial charge in [0.05, 0.1) is 33.2 Å². The Morgan fingerprint density at radius 2 is 1.63 bits per heavy atom. The molecule has 0 aliphatic heterocycles. The fourth-order valence-electron chi connectivity index (χ4n) is 2.40. The predicted molar refractivity (Wildman–Crippen MR) is 103 cm³/mol. The van der Waals surface area contributed by atoms with E-state index in [1.54, 1.807) is 33.6 Å². The predicted octanol–water partition coefficient (Wildman–Crippen LogP) is 3.25. The molecular weight excluding hydrogens is 346 g/mol. The zero-order valence-electron chi connectivity index (χ0n) is 15.4. The molecule has 0 aliphatic rings. The first-order valence-electron chi connectivity index (χ1n) is 8.27. The van der Waals surface area contributed by atoms with Crippen LogP contribution >= 0.6 is 0 Å². The topological polar surface area (TPSA) is 90.4 Å². The summed E-state index contributed by atoms with van der Waals surface area (Å²) in [5, 5.41) is 14.3. The maximum absolute atomic E-state index is 5.37. The Kier molecular flexibility index (Phi) is 5.88. The Balaban J connectivity index is 1.68. The van der Waals surface area contributed by atoms with Gasteiger partial charge < -0.3 is 24.8 Å². The van der Waals surface area contributed by atoms with Gasteiger partial charge >= 0.3 is 0 Å². The Morgan fingerprint density at radius 3 is 2.33 bits per heavy atom. The van der Waals surface area contributed by atoms with Gasteiger partial charge in [-0.05, 0) is 29.8 Å². The second kappa shape index (κ2) is 8.70. The molecule has 2 aromatic carbocycles. The number of hydrogen-bond donors (Lipinski definition) is 2. The molecule has 3 rings (SSSR count). The van der Waals surface area contributed by atoms with Crippen molar-refractivity contribution in [2.24, 2.45) is 0 Å². The highest BCUT2D eigenvalue weighted by Gasteiger charge is 2.08. The molecule has 0 amide bonds. The molecule has 2 N–H and O–H groups in total. The van der Waals surface area contributed by atoms with Crippen LogP contribution in [0.3, 0.4) is 0 Å². The molecule has 1 heterocycles. The molecule has 0 radical (unpaired) electrons. The fourth-order valence-corrected chi connectivity index (χ4v) is 2.40. The first-order valence-corrected chi connectivity index (χ1v) is 8.27. The van der Waals surface area contributed by atoms with Crippen LogP contribution in [0.2, 0.25) is 0 Å². The van der Waals surface area contributed by atoms with Crippen LogP contribution in [0.5, 0.6) is 17.2 Å². The van der Waals surface area contributed by atoms with Crippen molar-refractivity contribution < 1.29 is 14.2 Å². The number of hydrogen-bond acceptors (Lipinski definition) is 8. The monoisotopic (exact) mass is 367 g/mol. The molecule has 0 saturated heterocycles. The summed E-state index contributed by atoms with van der Waals surface area (Å²) in [4.78, 5) is 4.43. The Labute approximate surface area is 157 Å². The van der Waals surface area contributed by atoms with Crippen LogP contribution in [0, 0.1) is 0 Å². The van der Waals surface area contributed by atoms with E-state index in [2.05, 4.69) is 25.8 Å². The maximum Gasteiger partial charge on any atom is 0.249 e. The molecule has 0 atom stereocenters. The lowest BCUT2D eigenvalue weighted by Gasteiger charge is -2.12. The van der Waals surface area contributed by atoms with Gasteiger partial charge in [-0.15, -0.1) is 5.10 Å². The van der Waals surface area contributed by atoms with E-state index in [0.29, 0.717) is 35.5 Å². The average molecular weight is 367 g/mol. The first-order chi connectivity index (χ1) is 13.2. The molecular formula is C19H21N5O3. The second-order valence-corrected chi connectivity index (χ2v) is 5.56. The lowest BCUT2D eigenvalue weighted by atomic mass is 10.2. The van der Waals surface area contributed by atoms with Crippen LogP contribution in [-0.4, -0.2) is 36.5 Å². The number of methoxy groups -OCH3 is 3. The molecule has 1 aromatic heterocycles. The van der Waals surface area contributed by atoms with Crippen molar-refractivity contribution in [2.45, 2.75) is 6.54 Å². The highest BCUT2D eigenvalue weighted by atomic mass is 16.5. The van der Waals surface area contributed by atoms with E-state index in [1.807, 2.05) is 36.4 Å². The van der Waals surface area contributed by atoms with Gasteiger partial charge in [0.2, 0.25) is 5.95 Å². The summed E-state index contributed by atoms with van der Waals surface area (Å²) in [7, 11) is 4.84. The minimum atomic E-state index is 0.359. The minimum Gasteiger partial charge on any atom is -0.497 e. The summed E-state index contributed by atoms with van der Waals surface area (Å²) in [5.74, 6) is 3.11. The van der Waals surface area contributed by atoms with E-state index < -0.39 is 0 Å². The fraction of sp³-hybridized carbons (Fsp3) is 0.211. The van der Waals surface area contributed by atoms with Crippen LogP contribution < -0.4 is 24.8 Å². The Hall–Kier alpha value is -3.55. The number of rotatable bonds is 8. The molecule has 0 saturated carbocycles. The highest BCUT2D eigenvalue weighted by Crippen LogP contribution is 2.30. The number of aromatic nitrogens is 3. The van der Waals surface area contributed by atoms with Crippen molar-refractivity contribution in [2.75, 3.05) is 32.0 Å². The number of nitrogens with one attached hydrogen (secondary N) is 2. The summed E-state index contributed by atoms with van der Waals surface area (Å²) < 4.78 is 15.7. The van der Waals surface area contributed by atoms with E-state index in [1.165, 1.54) is 0 Å². The van der Waals surface area contributed by atoms with E-state index in [4.69, 9.17) is 14.2 Å². The third kappa shape index (κ3) is 4.75. The van der Waals surface area contributed by atoms with Gasteiger partial charge in [-0.25, -0.2) is 0 Å². The van der Waals surface area contributed by atoms with Gasteiger partial charge in [0.25, 0.3) is 0 Å². The zero-order chi connectivity index (χ0) is 19.1. The van der Waals surface area contributed by atoms with Crippen molar-refractivity contribution in [3.8, 4) is 17.2 Å². The van der Waals surface area contributed by atoms with Gasteiger partial charge in [-0.3, -0.25) is 0 Å². The summed E-state index contributed by atoms with van der Waals surface area (Å²) in [6.07, 6.45) is 1.57. The molecule has 0 fully saturated rings. The molecule has 0 spiro atoms. The lowest BCUT2D eigenvalue weighted by molar-refractivity contribution is 0.395. The van der Waals surface area contributed by atoms with Crippen LogP contribution in [0.25, 0.3) is 0 Å². The van der Waals surface area contributed by atoms with Crippen LogP contribution in [0.15, 0.2) is 48.7 Å². The van der Waals surface area contributed by atoms with Crippen LogP contribution in [-0.2, 0) is 6.54 Å². The van der Waals surface area contributed by atoms with E-state index in [-0.39, 0.29) is 0 Å². The van der Waals surface area contributed by atoms with E-state index in [9.17, 15) is 0 Å². The smallest absolute Gasteiger partial charge is 0.249 e. The molecule has 8 heteroatoms. The van der Waals surface area contributed by atoms with Crippen molar-refractivity contribution in [1.82, 2.24) is 15.2 Å². The molecule has 0 unspecified atom stereocenters. The van der Waals surface area contributed by atoms with Gasteiger partial charge in [0.15, 0.2) is 5.82 Å². The summed E-state index contributed by atoms with van der Waals surface area (Å²) in [6.45, 7) is 0.605. The lowest BCUT2D eigenvalue weighted by Crippen LogP contribution is -2.06.